The lowest BCUT2D eigenvalue weighted by molar-refractivity contribution is 1.17. The van der Waals surface area contributed by atoms with Gasteiger partial charge in [0.1, 0.15) is 0 Å². The molecule has 0 saturated carbocycles. The van der Waals surface area contributed by atoms with E-state index >= 15 is 0 Å². The van der Waals surface area contributed by atoms with E-state index in [1.54, 1.807) is 0 Å². The number of hydrogen-bond acceptors (Lipinski definition) is 2. The Morgan fingerprint density at radius 1 is 0.667 bits per heavy atom. The smallest absolute Gasteiger partial charge is 0.0601 e. The number of halogens is 1. The van der Waals surface area contributed by atoms with Crippen LogP contribution in [0.5, 0.6) is 0 Å². The van der Waals surface area contributed by atoms with E-state index in [2.05, 4.69) is 65.6 Å². The molecule has 0 amide bonds. The highest BCUT2D eigenvalue weighted by atomic mass is 35.5. The highest BCUT2D eigenvalue weighted by molar-refractivity contribution is 7.99. The van der Waals surface area contributed by atoms with Crippen LogP contribution in [0.3, 0.4) is 0 Å². The molecular formula is C18H12ClNS. The maximum Gasteiger partial charge on any atom is 0.0601 e. The first-order valence-corrected chi connectivity index (χ1v) is 7.94. The van der Waals surface area contributed by atoms with E-state index in [1.807, 2.05) is 23.9 Å². The Kier molecular flexibility index (Phi) is 3.13. The normalized spacial score (nSPS) is 12.7. The predicted molar refractivity (Wildman–Crippen MR) is 90.3 cm³/mol. The zero-order chi connectivity index (χ0) is 14.2. The van der Waals surface area contributed by atoms with Crippen molar-refractivity contribution in [2.75, 3.05) is 4.90 Å². The molecule has 0 fully saturated rings. The van der Waals surface area contributed by atoms with Crippen LogP contribution in [-0.4, -0.2) is 0 Å². The second kappa shape index (κ2) is 5.14. The Morgan fingerprint density at radius 3 is 1.76 bits per heavy atom. The molecular weight excluding hydrogens is 298 g/mol. The molecule has 3 aromatic rings. The van der Waals surface area contributed by atoms with Gasteiger partial charge in [-0.1, -0.05) is 47.6 Å². The summed E-state index contributed by atoms with van der Waals surface area (Å²) in [5.74, 6) is 0. The second-order valence-corrected chi connectivity index (χ2v) is 6.37. The summed E-state index contributed by atoms with van der Waals surface area (Å²) in [7, 11) is 0. The average Bonchev–Trinajstić information content (AvgIpc) is 2.53. The van der Waals surface area contributed by atoms with E-state index < -0.39 is 0 Å². The fourth-order valence-corrected chi connectivity index (χ4v) is 3.76. The molecule has 102 valence electrons. The SMILES string of the molecule is Clc1ccc(N2c3ccccc3Sc3ccccc32)cc1. The minimum atomic E-state index is 0.756. The highest BCUT2D eigenvalue weighted by Crippen LogP contribution is 2.50. The molecule has 1 heterocycles. The van der Waals surface area contributed by atoms with Gasteiger partial charge in [0.05, 0.1) is 11.4 Å². The van der Waals surface area contributed by atoms with Gasteiger partial charge < -0.3 is 4.90 Å². The van der Waals surface area contributed by atoms with Crippen molar-refractivity contribution >= 4 is 40.4 Å². The van der Waals surface area contributed by atoms with Crippen molar-refractivity contribution in [3.63, 3.8) is 0 Å². The number of fused-ring (bicyclic) bond motifs is 2. The van der Waals surface area contributed by atoms with Crippen LogP contribution in [0, 0.1) is 0 Å². The molecule has 21 heavy (non-hydrogen) atoms. The van der Waals surface area contributed by atoms with Crippen LogP contribution < -0.4 is 4.90 Å². The van der Waals surface area contributed by atoms with Crippen molar-refractivity contribution in [2.24, 2.45) is 0 Å². The Hall–Kier alpha value is -1.90. The lowest BCUT2D eigenvalue weighted by atomic mass is 10.2. The van der Waals surface area contributed by atoms with E-state index in [-0.39, 0.29) is 0 Å². The van der Waals surface area contributed by atoms with Gasteiger partial charge in [0.15, 0.2) is 0 Å². The molecule has 1 aliphatic rings. The molecule has 0 radical (unpaired) electrons. The van der Waals surface area contributed by atoms with Gasteiger partial charge in [-0.2, -0.15) is 0 Å². The van der Waals surface area contributed by atoms with Crippen molar-refractivity contribution < 1.29 is 0 Å². The van der Waals surface area contributed by atoms with E-state index in [4.69, 9.17) is 11.6 Å². The number of hydrogen-bond donors (Lipinski definition) is 0. The fourth-order valence-electron chi connectivity index (χ4n) is 2.57. The molecule has 3 heteroatoms. The lowest BCUT2D eigenvalue weighted by Gasteiger charge is -2.32. The van der Waals surface area contributed by atoms with Gasteiger partial charge >= 0.3 is 0 Å². The Balaban J connectivity index is 1.95. The maximum atomic E-state index is 6.03. The summed E-state index contributed by atoms with van der Waals surface area (Å²) in [5.41, 5.74) is 3.55. The number of rotatable bonds is 1. The van der Waals surface area contributed by atoms with Crippen LogP contribution >= 0.6 is 23.4 Å². The van der Waals surface area contributed by atoms with E-state index in [0.29, 0.717) is 0 Å². The van der Waals surface area contributed by atoms with E-state index in [9.17, 15) is 0 Å². The minimum absolute atomic E-state index is 0.756. The van der Waals surface area contributed by atoms with Gasteiger partial charge in [-0.25, -0.2) is 0 Å². The zero-order valence-electron chi connectivity index (χ0n) is 11.2. The lowest BCUT2D eigenvalue weighted by Crippen LogP contribution is -2.14. The van der Waals surface area contributed by atoms with Gasteiger partial charge in [0.25, 0.3) is 0 Å². The standard InChI is InChI=1S/C18H12ClNS/c19-13-9-11-14(12-10-13)20-15-5-1-3-7-17(15)21-18-8-4-2-6-16(18)20/h1-12H. The predicted octanol–water partition coefficient (Wildman–Crippen LogP) is 6.27. The second-order valence-electron chi connectivity index (χ2n) is 4.85. The topological polar surface area (TPSA) is 3.24 Å². The van der Waals surface area contributed by atoms with Gasteiger partial charge in [-0.05, 0) is 48.5 Å². The van der Waals surface area contributed by atoms with Crippen molar-refractivity contribution in [3.05, 3.63) is 77.8 Å². The van der Waals surface area contributed by atoms with Crippen LogP contribution in [-0.2, 0) is 0 Å². The van der Waals surface area contributed by atoms with Crippen LogP contribution in [0.2, 0.25) is 5.02 Å². The Labute approximate surface area is 133 Å². The van der Waals surface area contributed by atoms with Crippen molar-refractivity contribution in [1.82, 2.24) is 0 Å². The highest BCUT2D eigenvalue weighted by Gasteiger charge is 2.23. The molecule has 0 atom stereocenters. The van der Waals surface area contributed by atoms with E-state index in [0.717, 1.165) is 10.7 Å². The molecule has 0 saturated heterocycles. The number of nitrogens with zero attached hydrogens (tertiary/aromatic N) is 1. The zero-order valence-corrected chi connectivity index (χ0v) is 12.7. The van der Waals surface area contributed by atoms with Crippen LogP contribution in [0.25, 0.3) is 0 Å². The number of anilines is 3. The fraction of sp³-hybridized carbons (Fsp3) is 0. The molecule has 0 N–H and O–H groups in total. The number of para-hydroxylation sites is 2. The average molecular weight is 310 g/mol. The summed E-state index contributed by atoms with van der Waals surface area (Å²) >= 11 is 7.84. The molecule has 3 aromatic carbocycles. The van der Waals surface area contributed by atoms with Gasteiger partial charge in [-0.15, -0.1) is 0 Å². The summed E-state index contributed by atoms with van der Waals surface area (Å²) < 4.78 is 0. The van der Waals surface area contributed by atoms with Crippen molar-refractivity contribution in [2.45, 2.75) is 9.79 Å². The largest absolute Gasteiger partial charge is 0.308 e. The first kappa shape index (κ1) is 12.8. The van der Waals surface area contributed by atoms with E-state index in [1.165, 1.54) is 21.2 Å². The first-order valence-electron chi connectivity index (χ1n) is 6.74. The van der Waals surface area contributed by atoms with Crippen LogP contribution in [0.4, 0.5) is 17.1 Å². The first-order chi connectivity index (χ1) is 10.3. The Morgan fingerprint density at radius 2 is 1.19 bits per heavy atom. The van der Waals surface area contributed by atoms with Crippen LogP contribution in [0.1, 0.15) is 0 Å². The molecule has 1 nitrogen and oxygen atoms in total. The molecule has 0 unspecified atom stereocenters. The molecule has 4 rings (SSSR count). The third-order valence-corrected chi connectivity index (χ3v) is 4.90. The number of benzene rings is 3. The maximum absolute atomic E-state index is 6.03. The minimum Gasteiger partial charge on any atom is -0.308 e. The van der Waals surface area contributed by atoms with Gasteiger partial charge in [0.2, 0.25) is 0 Å². The summed E-state index contributed by atoms with van der Waals surface area (Å²) in [6.45, 7) is 0. The van der Waals surface area contributed by atoms with Crippen LogP contribution in [0.15, 0.2) is 82.6 Å². The molecule has 1 aliphatic heterocycles. The summed E-state index contributed by atoms with van der Waals surface area (Å²) in [6.07, 6.45) is 0. The van der Waals surface area contributed by atoms with Gasteiger partial charge in [0, 0.05) is 20.5 Å². The monoisotopic (exact) mass is 309 g/mol. The summed E-state index contributed by atoms with van der Waals surface area (Å²) in [6, 6.07) is 25.0. The third-order valence-electron chi connectivity index (χ3n) is 3.52. The molecule has 0 bridgehead atoms. The summed E-state index contributed by atoms with van der Waals surface area (Å²) in [5, 5.41) is 0.756. The molecule has 0 aliphatic carbocycles. The molecule has 0 aromatic heterocycles. The third kappa shape index (κ3) is 2.21. The van der Waals surface area contributed by atoms with Crippen molar-refractivity contribution in [3.8, 4) is 0 Å². The van der Waals surface area contributed by atoms with Gasteiger partial charge in [-0.3, -0.25) is 0 Å². The molecule has 0 spiro atoms. The Bertz CT molecular complexity index is 753. The van der Waals surface area contributed by atoms with Crippen molar-refractivity contribution in [1.29, 1.82) is 0 Å². The quantitative estimate of drug-likeness (QED) is 0.407. The summed E-state index contributed by atoms with van der Waals surface area (Å²) in [4.78, 5) is 4.83.